The number of carbonyl (C=O) groups excluding carboxylic acids is 2. The highest BCUT2D eigenvalue weighted by Gasteiger charge is 2.22. The van der Waals surface area contributed by atoms with Crippen molar-refractivity contribution >= 4 is 44.1 Å². The van der Waals surface area contributed by atoms with Gasteiger partial charge in [-0.25, -0.2) is 4.79 Å². The van der Waals surface area contributed by atoms with E-state index in [-0.39, 0.29) is 24.5 Å². The van der Waals surface area contributed by atoms with E-state index < -0.39 is 5.97 Å². The Hall–Kier alpha value is -2.57. The Balaban J connectivity index is 2.13. The summed E-state index contributed by atoms with van der Waals surface area (Å²) < 4.78 is 16.4. The highest BCUT2D eigenvalue weighted by Crippen LogP contribution is 2.35. The van der Waals surface area contributed by atoms with E-state index in [1.807, 2.05) is 12.1 Å². The maximum absolute atomic E-state index is 12.5. The summed E-state index contributed by atoms with van der Waals surface area (Å²) in [4.78, 5) is 24.8. The Morgan fingerprint density at radius 2 is 1.90 bits per heavy atom. The number of nitriles is 1. The van der Waals surface area contributed by atoms with E-state index in [0.717, 1.165) is 21.4 Å². The molecule has 2 aromatic rings. The number of anilines is 1. The van der Waals surface area contributed by atoms with Crippen LogP contribution in [0.15, 0.2) is 16.6 Å². The van der Waals surface area contributed by atoms with Gasteiger partial charge in [0.15, 0.2) is 11.5 Å². The molecule has 7 nitrogen and oxygen atoms in total. The SMILES string of the molecule is CCOC(=O)c1sc(NC(=O)CCc2cc(OC)c(OC)cc2Br)c(C#N)c1C. The number of halogens is 1. The van der Waals surface area contributed by atoms with Crippen LogP contribution in [0.25, 0.3) is 0 Å². The molecule has 0 fully saturated rings. The molecule has 2 rings (SSSR count). The molecule has 29 heavy (non-hydrogen) atoms. The molecule has 154 valence electrons. The van der Waals surface area contributed by atoms with Gasteiger partial charge in [-0.2, -0.15) is 5.26 Å². The van der Waals surface area contributed by atoms with Gasteiger partial charge in [0.1, 0.15) is 15.9 Å². The number of benzene rings is 1. The first-order valence-electron chi connectivity index (χ1n) is 8.77. The van der Waals surface area contributed by atoms with Crippen LogP contribution in [0.1, 0.15) is 39.7 Å². The molecule has 0 aliphatic rings. The maximum Gasteiger partial charge on any atom is 0.348 e. The van der Waals surface area contributed by atoms with E-state index >= 15 is 0 Å². The predicted molar refractivity (Wildman–Crippen MR) is 114 cm³/mol. The summed E-state index contributed by atoms with van der Waals surface area (Å²) >= 11 is 4.52. The molecule has 1 N–H and O–H groups in total. The minimum Gasteiger partial charge on any atom is -0.493 e. The number of rotatable bonds is 8. The van der Waals surface area contributed by atoms with Crippen LogP contribution in [0, 0.1) is 18.3 Å². The van der Waals surface area contributed by atoms with Gasteiger partial charge in [-0.1, -0.05) is 15.9 Å². The second kappa shape index (κ2) is 10.3. The maximum atomic E-state index is 12.5. The molecular weight excluding hydrogens is 460 g/mol. The Kier molecular flexibility index (Phi) is 8.05. The van der Waals surface area contributed by atoms with Crippen molar-refractivity contribution in [1.82, 2.24) is 0 Å². The van der Waals surface area contributed by atoms with Crippen molar-refractivity contribution < 1.29 is 23.8 Å². The molecule has 1 amide bonds. The molecule has 0 aliphatic carbocycles. The molecule has 0 atom stereocenters. The fraction of sp³-hybridized carbons (Fsp3) is 0.350. The number of carbonyl (C=O) groups is 2. The van der Waals surface area contributed by atoms with Gasteiger partial charge in [-0.15, -0.1) is 11.3 Å². The Labute approximate surface area is 181 Å². The molecule has 0 unspecified atom stereocenters. The molecule has 0 bridgehead atoms. The van der Waals surface area contributed by atoms with Crippen LogP contribution >= 0.6 is 27.3 Å². The first-order valence-corrected chi connectivity index (χ1v) is 10.4. The van der Waals surface area contributed by atoms with Crippen molar-refractivity contribution in [1.29, 1.82) is 5.26 Å². The van der Waals surface area contributed by atoms with Gasteiger partial charge in [-0.3, -0.25) is 4.79 Å². The molecule has 0 saturated heterocycles. The number of hydrogen-bond acceptors (Lipinski definition) is 7. The third-order valence-corrected chi connectivity index (χ3v) is 6.07. The average Bonchev–Trinajstić information content (AvgIpc) is 3.01. The summed E-state index contributed by atoms with van der Waals surface area (Å²) in [7, 11) is 3.10. The average molecular weight is 481 g/mol. The van der Waals surface area contributed by atoms with Crippen molar-refractivity contribution in [3.05, 3.63) is 38.2 Å². The van der Waals surface area contributed by atoms with Crippen LogP contribution in [0.5, 0.6) is 11.5 Å². The minimum absolute atomic E-state index is 0.185. The monoisotopic (exact) mass is 480 g/mol. The minimum atomic E-state index is -0.499. The quantitative estimate of drug-likeness (QED) is 0.560. The standard InChI is InChI=1S/C20H21BrN2O5S/c1-5-28-20(25)18-11(2)13(10-22)19(29-18)23-17(24)7-6-12-8-15(26-3)16(27-4)9-14(12)21/h8-9H,5-7H2,1-4H3,(H,23,24). The second-order valence-corrected chi connectivity index (χ2v) is 7.81. The van der Waals surface area contributed by atoms with E-state index in [9.17, 15) is 14.9 Å². The van der Waals surface area contributed by atoms with Gasteiger partial charge < -0.3 is 19.5 Å². The van der Waals surface area contributed by atoms with Gasteiger partial charge in [0.25, 0.3) is 0 Å². The fourth-order valence-electron chi connectivity index (χ4n) is 2.65. The van der Waals surface area contributed by atoms with Crippen LogP contribution in [0.2, 0.25) is 0 Å². The zero-order chi connectivity index (χ0) is 21.6. The topological polar surface area (TPSA) is 97.7 Å². The number of methoxy groups -OCH3 is 2. The van der Waals surface area contributed by atoms with Gasteiger partial charge in [-0.05, 0) is 43.5 Å². The van der Waals surface area contributed by atoms with Crippen LogP contribution in [0.4, 0.5) is 5.00 Å². The van der Waals surface area contributed by atoms with Crippen LogP contribution in [-0.4, -0.2) is 32.7 Å². The van der Waals surface area contributed by atoms with Crippen molar-refractivity contribution in [2.75, 3.05) is 26.1 Å². The van der Waals surface area contributed by atoms with E-state index in [2.05, 4.69) is 21.2 Å². The summed E-state index contributed by atoms with van der Waals surface area (Å²) in [6.07, 6.45) is 0.633. The number of nitrogens with one attached hydrogen (secondary N) is 1. The molecule has 0 aliphatic heterocycles. The van der Waals surface area contributed by atoms with Gasteiger partial charge in [0.2, 0.25) is 5.91 Å². The third kappa shape index (κ3) is 5.28. The lowest BCUT2D eigenvalue weighted by atomic mass is 10.1. The van der Waals surface area contributed by atoms with E-state index in [1.165, 1.54) is 0 Å². The molecule has 0 radical (unpaired) electrons. The number of thiophene rings is 1. The molecular formula is C20H21BrN2O5S. The first kappa shape index (κ1) is 22.7. The summed E-state index contributed by atoms with van der Waals surface area (Å²) in [6.45, 7) is 3.61. The summed E-state index contributed by atoms with van der Waals surface area (Å²) in [6, 6.07) is 5.64. The highest BCUT2D eigenvalue weighted by atomic mass is 79.9. The Morgan fingerprint density at radius 3 is 2.48 bits per heavy atom. The smallest absolute Gasteiger partial charge is 0.348 e. The summed E-state index contributed by atoms with van der Waals surface area (Å²) in [5.74, 6) is 0.402. The van der Waals surface area contributed by atoms with Crippen LogP contribution in [0.3, 0.4) is 0 Å². The predicted octanol–water partition coefficient (Wildman–Crippen LogP) is 4.46. The number of aryl methyl sites for hydroxylation is 1. The van der Waals surface area contributed by atoms with E-state index in [4.69, 9.17) is 14.2 Å². The molecule has 1 aromatic carbocycles. The number of nitrogens with zero attached hydrogens (tertiary/aromatic N) is 1. The summed E-state index contributed by atoms with van der Waals surface area (Å²) in [5.41, 5.74) is 1.67. The third-order valence-electron chi connectivity index (χ3n) is 4.15. The van der Waals surface area contributed by atoms with E-state index in [1.54, 1.807) is 34.1 Å². The van der Waals surface area contributed by atoms with Crippen molar-refractivity contribution in [2.45, 2.75) is 26.7 Å². The number of amides is 1. The fourth-order valence-corrected chi connectivity index (χ4v) is 4.24. The Morgan fingerprint density at radius 1 is 1.24 bits per heavy atom. The first-order chi connectivity index (χ1) is 13.9. The second-order valence-electron chi connectivity index (χ2n) is 5.94. The Bertz CT molecular complexity index is 965. The van der Waals surface area contributed by atoms with Crippen LogP contribution in [-0.2, 0) is 16.0 Å². The van der Waals surface area contributed by atoms with Gasteiger partial charge in [0.05, 0.1) is 26.4 Å². The van der Waals surface area contributed by atoms with Gasteiger partial charge in [0, 0.05) is 10.9 Å². The van der Waals surface area contributed by atoms with Gasteiger partial charge >= 0.3 is 5.97 Å². The number of hydrogen-bond donors (Lipinski definition) is 1. The van der Waals surface area contributed by atoms with Crippen molar-refractivity contribution in [3.63, 3.8) is 0 Å². The molecule has 9 heteroatoms. The highest BCUT2D eigenvalue weighted by molar-refractivity contribution is 9.10. The van der Waals surface area contributed by atoms with Crippen molar-refractivity contribution in [3.8, 4) is 17.6 Å². The zero-order valence-corrected chi connectivity index (χ0v) is 19.0. The van der Waals surface area contributed by atoms with Crippen molar-refractivity contribution in [2.24, 2.45) is 0 Å². The molecule has 0 spiro atoms. The molecule has 1 heterocycles. The largest absolute Gasteiger partial charge is 0.493 e. The van der Waals surface area contributed by atoms with Crippen LogP contribution < -0.4 is 14.8 Å². The number of ether oxygens (including phenoxy) is 3. The lowest BCUT2D eigenvalue weighted by Crippen LogP contribution is -2.12. The number of esters is 1. The zero-order valence-electron chi connectivity index (χ0n) is 16.6. The lowest BCUT2D eigenvalue weighted by Gasteiger charge is -2.12. The summed E-state index contributed by atoms with van der Waals surface area (Å²) in [5, 5.41) is 12.5. The molecule has 1 aromatic heterocycles. The molecule has 0 saturated carbocycles. The lowest BCUT2D eigenvalue weighted by molar-refractivity contribution is -0.116. The normalized spacial score (nSPS) is 10.2. The van der Waals surface area contributed by atoms with E-state index in [0.29, 0.717) is 33.4 Å².